The van der Waals surface area contributed by atoms with Gasteiger partial charge in [0, 0.05) is 7.11 Å². The largest absolute Gasteiger partial charge is 0.452 e. The zero-order chi connectivity index (χ0) is 24.6. The summed E-state index contributed by atoms with van der Waals surface area (Å²) in [6.45, 7) is 5.50. The summed E-state index contributed by atoms with van der Waals surface area (Å²) in [7, 11) is 1.63. The number of methoxy groups -OCH3 is 1. The van der Waals surface area contributed by atoms with Gasteiger partial charge in [0.15, 0.2) is 6.10 Å². The van der Waals surface area contributed by atoms with Gasteiger partial charge in [0.2, 0.25) is 0 Å². The molecule has 4 rings (SSSR count). The van der Waals surface area contributed by atoms with Crippen molar-refractivity contribution in [3.05, 3.63) is 107 Å². The van der Waals surface area contributed by atoms with Crippen molar-refractivity contribution in [2.75, 3.05) is 13.7 Å². The van der Waals surface area contributed by atoms with Crippen molar-refractivity contribution in [1.82, 2.24) is 0 Å². The Labute approximate surface area is 211 Å². The van der Waals surface area contributed by atoms with E-state index in [1.54, 1.807) is 31.0 Å². The molecule has 3 aromatic rings. The second kappa shape index (κ2) is 12.4. The molecule has 35 heavy (non-hydrogen) atoms. The van der Waals surface area contributed by atoms with Gasteiger partial charge in [0.25, 0.3) is 0 Å². The van der Waals surface area contributed by atoms with Crippen LogP contribution in [0.15, 0.2) is 78.9 Å². The number of esters is 1. The number of carbonyl (C=O) groups is 1. The molecule has 0 bridgehead atoms. The first-order chi connectivity index (χ1) is 17.0. The van der Waals surface area contributed by atoms with Gasteiger partial charge in [-0.25, -0.2) is 4.79 Å². The maximum atomic E-state index is 12.9. The number of thioether (sulfide) groups is 1. The van der Waals surface area contributed by atoms with Gasteiger partial charge in [0.1, 0.15) is 11.5 Å². The van der Waals surface area contributed by atoms with Crippen LogP contribution in [0.25, 0.3) is 0 Å². The molecule has 1 saturated heterocycles. The second-order valence-corrected chi connectivity index (χ2v) is 10.1. The van der Waals surface area contributed by atoms with E-state index in [0.717, 1.165) is 11.1 Å². The van der Waals surface area contributed by atoms with Crippen molar-refractivity contribution in [1.29, 1.82) is 0 Å². The van der Waals surface area contributed by atoms with Crippen molar-refractivity contribution in [2.24, 2.45) is 0 Å². The third-order valence-electron chi connectivity index (χ3n) is 5.99. The minimum atomic E-state index is -0.559. The molecule has 1 aliphatic heterocycles. The van der Waals surface area contributed by atoms with Crippen LogP contribution in [0.4, 0.5) is 0 Å². The van der Waals surface area contributed by atoms with Gasteiger partial charge in [-0.2, -0.15) is 0 Å². The van der Waals surface area contributed by atoms with Crippen LogP contribution < -0.4 is 0 Å². The zero-order valence-corrected chi connectivity index (χ0v) is 21.2. The SMILES string of the molecule is COC1S[C@H](COCc2ccc(C)cc2)[C@@H](OCc2ccc(C)cc2)[C@@H]1OC(=O)c1ccccc1. The summed E-state index contributed by atoms with van der Waals surface area (Å²) in [5.74, 6) is -0.386. The van der Waals surface area contributed by atoms with Crippen LogP contribution in [0, 0.1) is 13.8 Å². The average molecular weight is 493 g/mol. The van der Waals surface area contributed by atoms with E-state index in [1.807, 2.05) is 18.2 Å². The lowest BCUT2D eigenvalue weighted by atomic mass is 10.1. The monoisotopic (exact) mass is 492 g/mol. The number of carbonyl (C=O) groups excluding carboxylic acids is 1. The maximum absolute atomic E-state index is 12.9. The minimum absolute atomic E-state index is 0.0515. The first-order valence-corrected chi connectivity index (χ1v) is 12.7. The Kier molecular flexibility index (Phi) is 8.99. The summed E-state index contributed by atoms with van der Waals surface area (Å²) < 4.78 is 24.1. The highest BCUT2D eigenvalue weighted by molar-refractivity contribution is 8.00. The van der Waals surface area contributed by atoms with E-state index in [9.17, 15) is 4.79 Å². The van der Waals surface area contributed by atoms with Gasteiger partial charge < -0.3 is 18.9 Å². The Morgan fingerprint density at radius 1 is 0.800 bits per heavy atom. The summed E-state index contributed by atoms with van der Waals surface area (Å²) in [4.78, 5) is 12.9. The number of benzene rings is 3. The molecule has 0 spiro atoms. The molecule has 0 aromatic heterocycles. The fourth-order valence-electron chi connectivity index (χ4n) is 3.96. The fourth-order valence-corrected chi connectivity index (χ4v) is 5.35. The van der Waals surface area contributed by atoms with Gasteiger partial charge >= 0.3 is 5.97 Å². The van der Waals surface area contributed by atoms with E-state index in [2.05, 4.69) is 62.4 Å². The van der Waals surface area contributed by atoms with Gasteiger partial charge in [-0.1, -0.05) is 77.9 Å². The number of ether oxygens (including phenoxy) is 4. The van der Waals surface area contributed by atoms with Crippen molar-refractivity contribution in [3.8, 4) is 0 Å². The van der Waals surface area contributed by atoms with Crippen molar-refractivity contribution >= 4 is 17.7 Å². The van der Waals surface area contributed by atoms with E-state index in [1.165, 1.54) is 11.1 Å². The summed E-state index contributed by atoms with van der Waals surface area (Å²) in [6, 6.07) is 25.6. The third-order valence-corrected chi connectivity index (χ3v) is 7.47. The molecule has 0 radical (unpaired) electrons. The average Bonchev–Trinajstić information content (AvgIpc) is 3.21. The molecule has 0 N–H and O–H groups in total. The lowest BCUT2D eigenvalue weighted by Gasteiger charge is -2.25. The van der Waals surface area contributed by atoms with E-state index in [0.29, 0.717) is 25.4 Å². The number of hydrogen-bond acceptors (Lipinski definition) is 6. The normalized spacial score (nSPS) is 21.7. The fraction of sp³-hybridized carbons (Fsp3) is 0.345. The number of rotatable bonds is 10. The molecular weight excluding hydrogens is 460 g/mol. The Morgan fingerprint density at radius 3 is 2.00 bits per heavy atom. The van der Waals surface area contributed by atoms with E-state index >= 15 is 0 Å². The Morgan fingerprint density at radius 2 is 1.40 bits per heavy atom. The molecule has 1 fully saturated rings. The second-order valence-electron chi connectivity index (χ2n) is 8.78. The summed E-state index contributed by atoms with van der Waals surface area (Å²) in [5.41, 5.74) is 4.75. The highest BCUT2D eigenvalue weighted by Crippen LogP contribution is 2.39. The third kappa shape index (κ3) is 6.95. The number of hydrogen-bond donors (Lipinski definition) is 0. The molecule has 6 heteroatoms. The first kappa shape index (κ1) is 25.5. The first-order valence-electron chi connectivity index (χ1n) is 11.8. The summed E-state index contributed by atoms with van der Waals surface area (Å²) in [6.07, 6.45) is -0.937. The van der Waals surface area contributed by atoms with E-state index in [4.69, 9.17) is 18.9 Å². The summed E-state index contributed by atoms with van der Waals surface area (Å²) >= 11 is 1.59. The highest BCUT2D eigenvalue weighted by Gasteiger charge is 2.48. The van der Waals surface area contributed by atoms with Crippen LogP contribution in [0.3, 0.4) is 0 Å². The van der Waals surface area contributed by atoms with Crippen LogP contribution in [0.5, 0.6) is 0 Å². The molecule has 0 aliphatic carbocycles. The van der Waals surface area contributed by atoms with Crippen LogP contribution >= 0.6 is 11.8 Å². The lowest BCUT2D eigenvalue weighted by molar-refractivity contribution is -0.0862. The smallest absolute Gasteiger partial charge is 0.338 e. The Hall–Kier alpha value is -2.64. The zero-order valence-electron chi connectivity index (χ0n) is 20.4. The molecule has 1 unspecified atom stereocenters. The lowest BCUT2D eigenvalue weighted by Crippen LogP contribution is -2.40. The summed E-state index contributed by atoms with van der Waals surface area (Å²) in [5, 5.41) is -0.0515. The van der Waals surface area contributed by atoms with Crippen molar-refractivity contribution in [3.63, 3.8) is 0 Å². The molecule has 3 aromatic carbocycles. The maximum Gasteiger partial charge on any atom is 0.338 e. The molecular formula is C29H32O5S. The van der Waals surface area contributed by atoms with E-state index in [-0.39, 0.29) is 22.8 Å². The van der Waals surface area contributed by atoms with Gasteiger partial charge in [-0.05, 0) is 37.1 Å². The van der Waals surface area contributed by atoms with Gasteiger partial charge in [0.05, 0.1) is 30.6 Å². The molecule has 1 aliphatic rings. The van der Waals surface area contributed by atoms with Crippen LogP contribution in [-0.2, 0) is 32.2 Å². The van der Waals surface area contributed by atoms with Gasteiger partial charge in [-0.15, -0.1) is 11.8 Å². The van der Waals surface area contributed by atoms with E-state index < -0.39 is 6.10 Å². The van der Waals surface area contributed by atoms with Crippen LogP contribution in [0.1, 0.15) is 32.6 Å². The minimum Gasteiger partial charge on any atom is -0.452 e. The Bertz CT molecular complexity index is 1070. The Balaban J connectivity index is 1.46. The van der Waals surface area contributed by atoms with Crippen molar-refractivity contribution in [2.45, 2.75) is 50.0 Å². The molecule has 5 nitrogen and oxygen atoms in total. The standard InChI is InChI=1S/C29H32O5S/c1-20-9-13-22(14-10-20)17-32-19-25-26(33-18-23-15-11-21(2)12-16-23)27(29(31-3)35-25)34-28(30)24-7-5-4-6-8-24/h4-16,25-27,29H,17-19H2,1-3H3/t25-,26-,27+,29?/m1/s1. The van der Waals surface area contributed by atoms with Crippen LogP contribution in [-0.4, -0.2) is 42.6 Å². The molecule has 4 atom stereocenters. The predicted molar refractivity (Wildman–Crippen MR) is 138 cm³/mol. The molecule has 1 heterocycles. The molecule has 184 valence electrons. The molecule has 0 amide bonds. The molecule has 0 saturated carbocycles. The quantitative estimate of drug-likeness (QED) is 0.338. The van der Waals surface area contributed by atoms with Crippen molar-refractivity contribution < 1.29 is 23.7 Å². The topological polar surface area (TPSA) is 54.0 Å². The van der Waals surface area contributed by atoms with Gasteiger partial charge in [-0.3, -0.25) is 0 Å². The predicted octanol–water partition coefficient (Wildman–Crippen LogP) is 5.72. The number of aryl methyl sites for hydroxylation is 2. The van der Waals surface area contributed by atoms with Crippen LogP contribution in [0.2, 0.25) is 0 Å². The highest BCUT2D eigenvalue weighted by atomic mass is 32.2.